The fourth-order valence-electron chi connectivity index (χ4n) is 2.71. The zero-order valence-electron chi connectivity index (χ0n) is 15.7. The number of aryl methyl sites for hydroxylation is 1. The van der Waals surface area contributed by atoms with Crippen LogP contribution in [0.2, 0.25) is 0 Å². The molecule has 0 spiro atoms. The van der Waals surface area contributed by atoms with Crippen molar-refractivity contribution < 1.29 is 9.13 Å². The van der Waals surface area contributed by atoms with E-state index in [0.29, 0.717) is 29.6 Å². The molecule has 2 aromatic heterocycles. The monoisotopic (exact) mass is 370 g/mol. The van der Waals surface area contributed by atoms with Crippen LogP contribution in [0.25, 0.3) is 11.4 Å². The number of halogens is 1. The minimum atomic E-state index is -0.404. The molecule has 0 saturated carbocycles. The normalized spacial score (nSPS) is 10.9. The molecule has 0 fully saturated rings. The Balaban J connectivity index is 1.96. The molecule has 0 unspecified atom stereocenters. The molecule has 0 aliphatic carbocycles. The molecule has 2 N–H and O–H groups in total. The van der Waals surface area contributed by atoms with E-state index < -0.39 is 5.82 Å². The second kappa shape index (κ2) is 8.13. The molecule has 2 heterocycles. The van der Waals surface area contributed by atoms with Crippen molar-refractivity contribution in [2.75, 3.05) is 18.0 Å². The van der Waals surface area contributed by atoms with Crippen molar-refractivity contribution in [1.82, 2.24) is 19.7 Å². The molecule has 8 heteroatoms. The Morgan fingerprint density at radius 2 is 1.85 bits per heavy atom. The zero-order valence-corrected chi connectivity index (χ0v) is 15.7. The number of nitrogens with two attached hydrogens (primary N) is 1. The quantitative estimate of drug-likeness (QED) is 0.688. The highest BCUT2D eigenvalue weighted by molar-refractivity contribution is 5.64. The van der Waals surface area contributed by atoms with Gasteiger partial charge in [-0.15, -0.1) is 0 Å². The van der Waals surface area contributed by atoms with Crippen LogP contribution >= 0.6 is 0 Å². The molecule has 0 saturated heterocycles. The van der Waals surface area contributed by atoms with Crippen LogP contribution < -0.4 is 15.4 Å². The lowest BCUT2D eigenvalue weighted by Gasteiger charge is -2.16. The highest BCUT2D eigenvalue weighted by atomic mass is 19.1. The Morgan fingerprint density at radius 1 is 1.15 bits per heavy atom. The van der Waals surface area contributed by atoms with Crippen LogP contribution in [0.4, 0.5) is 10.2 Å². The van der Waals surface area contributed by atoms with E-state index in [1.165, 1.54) is 12.1 Å². The Kier molecular flexibility index (Phi) is 5.66. The predicted octanol–water partition coefficient (Wildman–Crippen LogP) is 3.11. The minimum absolute atomic E-state index is 0.324. The lowest BCUT2D eigenvalue weighted by atomic mass is 10.1. The smallest absolute Gasteiger partial charge is 0.219 e. The maximum Gasteiger partial charge on any atom is 0.219 e. The zero-order chi connectivity index (χ0) is 19.4. The fraction of sp³-hybridized carbons (Fsp3) is 0.316. The molecule has 1 aromatic carbocycles. The third kappa shape index (κ3) is 4.06. The highest BCUT2D eigenvalue weighted by Crippen LogP contribution is 2.33. The second-order valence-corrected chi connectivity index (χ2v) is 6.00. The molecule has 3 aromatic rings. The summed E-state index contributed by atoms with van der Waals surface area (Å²) in [5.74, 6) is 1.66. The first-order valence-corrected chi connectivity index (χ1v) is 8.83. The van der Waals surface area contributed by atoms with Crippen LogP contribution in [-0.2, 0) is 13.6 Å². The first-order valence-electron chi connectivity index (χ1n) is 8.83. The maximum atomic E-state index is 13.9. The predicted molar refractivity (Wildman–Crippen MR) is 102 cm³/mol. The SMILES string of the molecule is CCN(CC)c1cc(Oc2cc(F)ccc2-c2ncc(CN)cn2)n(C)n1. The number of aromatic nitrogens is 4. The van der Waals surface area contributed by atoms with Gasteiger partial charge in [0.2, 0.25) is 5.88 Å². The number of anilines is 1. The number of ether oxygens (including phenoxy) is 1. The summed E-state index contributed by atoms with van der Waals surface area (Å²) < 4.78 is 21.5. The standard InChI is InChI=1S/C19H23FN6O/c1-4-26(5-2)17-9-18(25(3)24-17)27-16-8-14(20)6-7-15(16)19-22-11-13(10-21)12-23-19/h6-9,11-12H,4-5,10,21H2,1-3H3. The molecule has 0 aliphatic rings. The summed E-state index contributed by atoms with van der Waals surface area (Å²) in [7, 11) is 1.79. The average molecular weight is 370 g/mol. The molecular weight excluding hydrogens is 347 g/mol. The minimum Gasteiger partial charge on any atom is -0.438 e. The fourth-order valence-corrected chi connectivity index (χ4v) is 2.71. The number of hydrogen-bond donors (Lipinski definition) is 1. The van der Waals surface area contributed by atoms with E-state index in [1.54, 1.807) is 30.2 Å². The summed E-state index contributed by atoms with van der Waals surface area (Å²) in [6, 6.07) is 6.11. The first kappa shape index (κ1) is 18.8. The van der Waals surface area contributed by atoms with E-state index in [9.17, 15) is 4.39 Å². The van der Waals surface area contributed by atoms with Crippen molar-refractivity contribution in [2.24, 2.45) is 12.8 Å². The van der Waals surface area contributed by atoms with Gasteiger partial charge < -0.3 is 15.4 Å². The van der Waals surface area contributed by atoms with Crippen molar-refractivity contribution >= 4 is 5.82 Å². The van der Waals surface area contributed by atoms with Crippen LogP contribution in [0.3, 0.4) is 0 Å². The van der Waals surface area contributed by atoms with Gasteiger partial charge in [-0.1, -0.05) is 0 Å². The lowest BCUT2D eigenvalue weighted by Crippen LogP contribution is -2.22. The Labute approximate surface area is 157 Å². The van der Waals surface area contributed by atoms with E-state index in [-0.39, 0.29) is 0 Å². The third-order valence-electron chi connectivity index (χ3n) is 4.25. The van der Waals surface area contributed by atoms with Crippen molar-refractivity contribution in [1.29, 1.82) is 0 Å². The van der Waals surface area contributed by atoms with E-state index in [2.05, 4.69) is 33.8 Å². The summed E-state index contributed by atoms with van der Waals surface area (Å²) in [6.07, 6.45) is 3.30. The van der Waals surface area contributed by atoms with E-state index >= 15 is 0 Å². The summed E-state index contributed by atoms with van der Waals surface area (Å²) in [4.78, 5) is 10.7. The van der Waals surface area contributed by atoms with Gasteiger partial charge in [-0.2, -0.15) is 5.10 Å². The average Bonchev–Trinajstić information content (AvgIpc) is 3.03. The third-order valence-corrected chi connectivity index (χ3v) is 4.25. The Bertz CT molecular complexity index is 905. The van der Waals surface area contributed by atoms with Crippen molar-refractivity contribution in [3.05, 3.63) is 48.0 Å². The van der Waals surface area contributed by atoms with Crippen LogP contribution in [0, 0.1) is 5.82 Å². The Morgan fingerprint density at radius 3 is 2.48 bits per heavy atom. The van der Waals surface area contributed by atoms with Crippen LogP contribution in [-0.4, -0.2) is 32.8 Å². The molecular formula is C19H23FN6O. The van der Waals surface area contributed by atoms with Gasteiger partial charge in [-0.3, -0.25) is 0 Å². The van der Waals surface area contributed by atoms with Gasteiger partial charge in [0.25, 0.3) is 0 Å². The van der Waals surface area contributed by atoms with Gasteiger partial charge >= 0.3 is 0 Å². The molecule has 0 amide bonds. The number of nitrogens with zero attached hydrogens (tertiary/aromatic N) is 5. The summed E-state index contributed by atoms with van der Waals surface area (Å²) >= 11 is 0. The van der Waals surface area contributed by atoms with Crippen molar-refractivity contribution in [3.8, 4) is 23.0 Å². The van der Waals surface area contributed by atoms with E-state index in [4.69, 9.17) is 10.5 Å². The molecule has 0 radical (unpaired) electrons. The van der Waals surface area contributed by atoms with Crippen LogP contribution in [0.5, 0.6) is 11.6 Å². The topological polar surface area (TPSA) is 82.1 Å². The summed E-state index contributed by atoms with van der Waals surface area (Å²) in [5, 5.41) is 4.48. The maximum absolute atomic E-state index is 13.9. The van der Waals surface area contributed by atoms with Gasteiger partial charge in [0.15, 0.2) is 11.6 Å². The Hall–Kier alpha value is -3.00. The summed E-state index contributed by atoms with van der Waals surface area (Å²) in [6.45, 7) is 6.15. The largest absolute Gasteiger partial charge is 0.438 e. The molecule has 142 valence electrons. The van der Waals surface area contributed by atoms with Gasteiger partial charge in [0.05, 0.1) is 5.56 Å². The van der Waals surface area contributed by atoms with Gasteiger partial charge in [0.1, 0.15) is 11.6 Å². The molecule has 7 nitrogen and oxygen atoms in total. The molecule has 0 aliphatic heterocycles. The van der Waals surface area contributed by atoms with E-state index in [0.717, 1.165) is 24.5 Å². The van der Waals surface area contributed by atoms with E-state index in [1.807, 2.05) is 6.07 Å². The van der Waals surface area contributed by atoms with Gasteiger partial charge in [0, 0.05) is 56.8 Å². The molecule has 0 bridgehead atoms. The number of benzene rings is 1. The lowest BCUT2D eigenvalue weighted by molar-refractivity contribution is 0.428. The molecule has 27 heavy (non-hydrogen) atoms. The van der Waals surface area contributed by atoms with Crippen molar-refractivity contribution in [2.45, 2.75) is 20.4 Å². The van der Waals surface area contributed by atoms with Crippen LogP contribution in [0.15, 0.2) is 36.7 Å². The van der Waals surface area contributed by atoms with Gasteiger partial charge in [-0.05, 0) is 26.0 Å². The second-order valence-electron chi connectivity index (χ2n) is 6.00. The molecule has 0 atom stereocenters. The number of rotatable bonds is 7. The molecule has 3 rings (SSSR count). The van der Waals surface area contributed by atoms with Crippen molar-refractivity contribution in [3.63, 3.8) is 0 Å². The van der Waals surface area contributed by atoms with Crippen LogP contribution in [0.1, 0.15) is 19.4 Å². The van der Waals surface area contributed by atoms with Gasteiger partial charge in [-0.25, -0.2) is 19.0 Å². The summed E-state index contributed by atoms with van der Waals surface area (Å²) in [5.41, 5.74) is 7.00. The highest BCUT2D eigenvalue weighted by Gasteiger charge is 2.16. The number of hydrogen-bond acceptors (Lipinski definition) is 6. The first-order chi connectivity index (χ1) is 13.0.